The van der Waals surface area contributed by atoms with Crippen molar-refractivity contribution in [1.82, 2.24) is 0 Å². The molecule has 1 N–H and O–H groups in total. The van der Waals surface area contributed by atoms with Crippen LogP contribution in [0.3, 0.4) is 0 Å². The molecule has 1 saturated heterocycles. The molecule has 1 saturated carbocycles. The molecule has 0 bridgehead atoms. The molecule has 0 amide bonds. The molecule has 1 heterocycles. The number of aliphatic hydroxyl groups is 1. The van der Waals surface area contributed by atoms with Gasteiger partial charge in [-0.3, -0.25) is 0 Å². The fourth-order valence-corrected chi connectivity index (χ4v) is 1.84. The molecule has 2 nitrogen and oxygen atoms in total. The van der Waals surface area contributed by atoms with Crippen molar-refractivity contribution in [2.24, 2.45) is 5.92 Å². The van der Waals surface area contributed by atoms with Gasteiger partial charge in [0, 0.05) is 6.42 Å². The van der Waals surface area contributed by atoms with Gasteiger partial charge in [0.05, 0.1) is 18.3 Å². The highest BCUT2D eigenvalue weighted by atomic mass is 16.6. The van der Waals surface area contributed by atoms with Gasteiger partial charge >= 0.3 is 0 Å². The predicted octanol–water partition coefficient (Wildman–Crippen LogP) is 1.33. The maximum absolute atomic E-state index is 9.96. The Labute approximate surface area is 67.6 Å². The fraction of sp³-hybridized carbons (Fsp3) is 1.00. The van der Waals surface area contributed by atoms with Crippen molar-refractivity contribution in [3.05, 3.63) is 0 Å². The van der Waals surface area contributed by atoms with Gasteiger partial charge in [0.15, 0.2) is 0 Å². The summed E-state index contributed by atoms with van der Waals surface area (Å²) in [6.45, 7) is 2.82. The van der Waals surface area contributed by atoms with Gasteiger partial charge in [-0.1, -0.05) is 6.42 Å². The minimum Gasteiger partial charge on any atom is -0.390 e. The molecule has 0 radical (unpaired) electrons. The second-order valence-electron chi connectivity index (χ2n) is 4.14. The third kappa shape index (κ3) is 1.57. The van der Waals surface area contributed by atoms with E-state index in [4.69, 9.17) is 4.74 Å². The Morgan fingerprint density at radius 1 is 1.55 bits per heavy atom. The molecule has 1 aliphatic carbocycles. The molecular weight excluding hydrogens is 140 g/mol. The number of epoxide rings is 1. The Kier molecular flexibility index (Phi) is 1.69. The van der Waals surface area contributed by atoms with Crippen LogP contribution >= 0.6 is 0 Å². The first-order valence-electron chi connectivity index (χ1n) is 4.52. The molecule has 0 aromatic heterocycles. The number of hydrogen-bond acceptors (Lipinski definition) is 2. The molecule has 2 fully saturated rings. The highest BCUT2D eigenvalue weighted by Crippen LogP contribution is 2.40. The van der Waals surface area contributed by atoms with E-state index in [0.29, 0.717) is 12.0 Å². The summed E-state index contributed by atoms with van der Waals surface area (Å²) in [5.41, 5.74) is -0.445. The Bertz CT molecular complexity index is 146. The highest BCUT2D eigenvalue weighted by molar-refractivity contribution is 4.91. The van der Waals surface area contributed by atoms with E-state index in [0.717, 1.165) is 13.0 Å². The number of hydrogen-bond donors (Lipinski definition) is 1. The third-order valence-corrected chi connectivity index (χ3v) is 3.03. The van der Waals surface area contributed by atoms with Gasteiger partial charge in [-0.2, -0.15) is 0 Å². The summed E-state index contributed by atoms with van der Waals surface area (Å²) in [6, 6.07) is 0. The summed E-state index contributed by atoms with van der Waals surface area (Å²) >= 11 is 0. The van der Waals surface area contributed by atoms with E-state index in [1.54, 1.807) is 0 Å². The maximum Gasteiger partial charge on any atom is 0.0837 e. The van der Waals surface area contributed by atoms with Crippen LogP contribution in [0.4, 0.5) is 0 Å². The molecule has 11 heavy (non-hydrogen) atoms. The van der Waals surface area contributed by atoms with Crippen molar-refractivity contribution in [3.63, 3.8) is 0 Å². The first kappa shape index (κ1) is 7.56. The highest BCUT2D eigenvalue weighted by Gasteiger charge is 2.40. The van der Waals surface area contributed by atoms with Crippen molar-refractivity contribution in [2.75, 3.05) is 6.61 Å². The molecule has 0 aromatic rings. The van der Waals surface area contributed by atoms with Gasteiger partial charge in [0.25, 0.3) is 0 Å². The zero-order valence-electron chi connectivity index (χ0n) is 7.05. The lowest BCUT2D eigenvalue weighted by atomic mass is 9.72. The third-order valence-electron chi connectivity index (χ3n) is 3.03. The second-order valence-corrected chi connectivity index (χ2v) is 4.14. The lowest BCUT2D eigenvalue weighted by Gasteiger charge is -2.38. The molecule has 2 heteroatoms. The quantitative estimate of drug-likeness (QED) is 0.625. The van der Waals surface area contributed by atoms with Crippen LogP contribution in [0.2, 0.25) is 0 Å². The van der Waals surface area contributed by atoms with E-state index in [2.05, 4.69) is 0 Å². The lowest BCUT2D eigenvalue weighted by molar-refractivity contribution is -0.0455. The zero-order valence-corrected chi connectivity index (χ0v) is 7.05. The van der Waals surface area contributed by atoms with E-state index in [1.165, 1.54) is 19.3 Å². The summed E-state index contributed by atoms with van der Waals surface area (Å²) in [7, 11) is 0. The van der Waals surface area contributed by atoms with Crippen LogP contribution in [0, 0.1) is 5.92 Å². The summed E-state index contributed by atoms with van der Waals surface area (Å²) in [5, 5.41) is 9.96. The normalized spacial score (nSPS) is 36.0. The zero-order chi connectivity index (χ0) is 7.90. The lowest BCUT2D eigenvalue weighted by Crippen LogP contribution is -2.39. The number of rotatable bonds is 3. The van der Waals surface area contributed by atoms with Crippen LogP contribution in [0.25, 0.3) is 0 Å². The number of ether oxygens (including phenoxy) is 1. The second kappa shape index (κ2) is 2.46. The average molecular weight is 156 g/mol. The van der Waals surface area contributed by atoms with Crippen molar-refractivity contribution in [3.8, 4) is 0 Å². The Balaban J connectivity index is 1.84. The van der Waals surface area contributed by atoms with Crippen LogP contribution in [0.5, 0.6) is 0 Å². The van der Waals surface area contributed by atoms with Gasteiger partial charge in [0.1, 0.15) is 0 Å². The predicted molar refractivity (Wildman–Crippen MR) is 42.3 cm³/mol. The van der Waals surface area contributed by atoms with Crippen molar-refractivity contribution in [1.29, 1.82) is 0 Å². The van der Waals surface area contributed by atoms with Crippen LogP contribution in [-0.2, 0) is 4.74 Å². The Morgan fingerprint density at radius 3 is 2.55 bits per heavy atom. The topological polar surface area (TPSA) is 32.8 Å². The minimum atomic E-state index is -0.445. The van der Waals surface area contributed by atoms with Crippen LogP contribution in [-0.4, -0.2) is 23.4 Å². The standard InChI is InChI=1S/C9H16O2/c1-9(10,5-8-6-11-8)7-3-2-4-7/h7-8,10H,2-6H2,1H3/t8-,9+/m0/s1. The summed E-state index contributed by atoms with van der Waals surface area (Å²) in [5.74, 6) is 0.548. The van der Waals surface area contributed by atoms with Crippen LogP contribution in [0.1, 0.15) is 32.6 Å². The van der Waals surface area contributed by atoms with Gasteiger partial charge in [-0.05, 0) is 25.7 Å². The van der Waals surface area contributed by atoms with Crippen molar-refractivity contribution in [2.45, 2.75) is 44.3 Å². The van der Waals surface area contributed by atoms with Gasteiger partial charge in [-0.15, -0.1) is 0 Å². The summed E-state index contributed by atoms with van der Waals surface area (Å²) in [4.78, 5) is 0. The van der Waals surface area contributed by atoms with E-state index >= 15 is 0 Å². The van der Waals surface area contributed by atoms with E-state index in [1.807, 2.05) is 6.92 Å². The molecule has 0 aromatic carbocycles. The Morgan fingerprint density at radius 2 is 2.18 bits per heavy atom. The molecule has 2 aliphatic rings. The SMILES string of the molecule is C[C@@](O)(C[C@H]1CO1)C1CCC1. The Hall–Kier alpha value is -0.0800. The average Bonchev–Trinajstić information content (AvgIpc) is 2.40. The van der Waals surface area contributed by atoms with E-state index in [9.17, 15) is 5.11 Å². The summed E-state index contributed by atoms with van der Waals surface area (Å²) < 4.78 is 5.10. The van der Waals surface area contributed by atoms with Crippen molar-refractivity contribution >= 4 is 0 Å². The van der Waals surface area contributed by atoms with Crippen LogP contribution in [0.15, 0.2) is 0 Å². The first-order valence-corrected chi connectivity index (χ1v) is 4.52. The molecule has 0 unspecified atom stereocenters. The largest absolute Gasteiger partial charge is 0.390 e. The smallest absolute Gasteiger partial charge is 0.0837 e. The monoisotopic (exact) mass is 156 g/mol. The molecule has 0 spiro atoms. The van der Waals surface area contributed by atoms with E-state index in [-0.39, 0.29) is 0 Å². The molecular formula is C9H16O2. The molecule has 64 valence electrons. The first-order chi connectivity index (χ1) is 5.18. The summed E-state index contributed by atoms with van der Waals surface area (Å²) in [6.07, 6.45) is 4.93. The molecule has 1 aliphatic heterocycles. The van der Waals surface area contributed by atoms with E-state index < -0.39 is 5.60 Å². The van der Waals surface area contributed by atoms with Crippen LogP contribution < -0.4 is 0 Å². The minimum absolute atomic E-state index is 0.366. The van der Waals surface area contributed by atoms with Gasteiger partial charge in [-0.25, -0.2) is 0 Å². The van der Waals surface area contributed by atoms with Gasteiger partial charge in [0.2, 0.25) is 0 Å². The molecule has 2 rings (SSSR count). The van der Waals surface area contributed by atoms with Crippen molar-refractivity contribution < 1.29 is 9.84 Å². The molecule has 2 atom stereocenters. The fourth-order valence-electron chi connectivity index (χ4n) is 1.84. The van der Waals surface area contributed by atoms with Gasteiger partial charge < -0.3 is 9.84 Å². The maximum atomic E-state index is 9.96.